The highest BCUT2D eigenvalue weighted by Crippen LogP contribution is 2.23. The molecular formula is C31H31Cl2N7O3. The fourth-order valence-corrected chi connectivity index (χ4v) is 5.17. The van der Waals surface area contributed by atoms with Crippen molar-refractivity contribution < 1.29 is 14.4 Å². The third-order valence-electron chi connectivity index (χ3n) is 6.91. The second-order valence-electron chi connectivity index (χ2n) is 10.0. The lowest BCUT2D eigenvalue weighted by atomic mass is 10.1. The third kappa shape index (κ3) is 7.04. The minimum atomic E-state index is -0.361. The maximum absolute atomic E-state index is 13.0. The molecule has 10 nitrogen and oxygen atoms in total. The molecule has 0 aliphatic carbocycles. The van der Waals surface area contributed by atoms with Crippen LogP contribution in [0.15, 0.2) is 79.3 Å². The standard InChI is InChI=1S/C31H31Cl2N7O3/c1-38-12-9-23(18-38)35-31(43)28-17-24(19-39(28)2)36-30(42)27-15-21-3-6-22(16-26(21)37-27)34-29(41)20-4-7-25(8-5-20)40(13-10-32)14-11-33/h3-9,12,15-19,37H,10-11,13-14H2,1-2H3,(H,34,41)(H,35,43)(H,36,42). The number of aromatic nitrogens is 3. The Hall–Kier alpha value is -4.67. The van der Waals surface area contributed by atoms with Gasteiger partial charge in [-0.25, -0.2) is 0 Å². The van der Waals surface area contributed by atoms with E-state index in [4.69, 9.17) is 23.2 Å². The van der Waals surface area contributed by atoms with Crippen molar-refractivity contribution in [3.05, 3.63) is 96.2 Å². The minimum absolute atomic E-state index is 0.257. The Balaban J connectivity index is 1.23. The normalized spacial score (nSPS) is 11.0. The summed E-state index contributed by atoms with van der Waals surface area (Å²) in [6.45, 7) is 1.32. The van der Waals surface area contributed by atoms with Crippen molar-refractivity contribution in [2.45, 2.75) is 0 Å². The molecule has 222 valence electrons. The number of fused-ring (bicyclic) bond motifs is 1. The Bertz CT molecular complexity index is 1770. The van der Waals surface area contributed by atoms with Crippen LogP contribution < -0.4 is 20.9 Å². The van der Waals surface area contributed by atoms with Crippen molar-refractivity contribution in [2.75, 3.05) is 45.7 Å². The van der Waals surface area contributed by atoms with Gasteiger partial charge in [-0.05, 0) is 54.6 Å². The van der Waals surface area contributed by atoms with Gasteiger partial charge in [0, 0.05) is 85.4 Å². The van der Waals surface area contributed by atoms with E-state index >= 15 is 0 Å². The predicted octanol–water partition coefficient (Wildman–Crippen LogP) is 5.89. The van der Waals surface area contributed by atoms with Crippen LogP contribution in [0, 0.1) is 0 Å². The molecule has 0 fully saturated rings. The molecule has 5 aromatic rings. The number of halogens is 2. The lowest BCUT2D eigenvalue weighted by Crippen LogP contribution is -2.27. The Morgan fingerprint density at radius 2 is 1.47 bits per heavy atom. The van der Waals surface area contributed by atoms with E-state index in [0.717, 1.165) is 11.1 Å². The first-order valence-electron chi connectivity index (χ1n) is 13.6. The zero-order chi connectivity index (χ0) is 30.5. The summed E-state index contributed by atoms with van der Waals surface area (Å²) < 4.78 is 3.49. The van der Waals surface area contributed by atoms with Crippen LogP contribution in [0.3, 0.4) is 0 Å². The number of carbonyl (C=O) groups excluding carboxylic acids is 3. The number of hydrogen-bond acceptors (Lipinski definition) is 4. The number of nitrogens with zero attached hydrogens (tertiary/aromatic N) is 3. The molecule has 0 aliphatic heterocycles. The molecule has 2 aromatic carbocycles. The van der Waals surface area contributed by atoms with Crippen molar-refractivity contribution in [1.82, 2.24) is 14.1 Å². The van der Waals surface area contributed by atoms with Crippen LogP contribution in [0.4, 0.5) is 22.7 Å². The van der Waals surface area contributed by atoms with Crippen LogP contribution in [-0.4, -0.2) is 56.7 Å². The number of benzene rings is 2. The van der Waals surface area contributed by atoms with E-state index < -0.39 is 0 Å². The minimum Gasteiger partial charge on any atom is -0.369 e. The average molecular weight is 621 g/mol. The van der Waals surface area contributed by atoms with E-state index in [1.54, 1.807) is 66.5 Å². The molecule has 0 aliphatic rings. The summed E-state index contributed by atoms with van der Waals surface area (Å²) in [5.74, 6) is 0.0491. The van der Waals surface area contributed by atoms with E-state index in [2.05, 4.69) is 25.8 Å². The van der Waals surface area contributed by atoms with Gasteiger partial charge in [-0.1, -0.05) is 6.07 Å². The Labute approximate surface area is 258 Å². The largest absolute Gasteiger partial charge is 0.369 e. The van der Waals surface area contributed by atoms with Crippen LogP contribution in [0.5, 0.6) is 0 Å². The highest BCUT2D eigenvalue weighted by atomic mass is 35.5. The topological polar surface area (TPSA) is 116 Å². The fourth-order valence-electron chi connectivity index (χ4n) is 4.76. The van der Waals surface area contributed by atoms with Gasteiger partial charge in [0.2, 0.25) is 0 Å². The zero-order valence-corrected chi connectivity index (χ0v) is 25.2. The number of H-pyrrole nitrogens is 1. The zero-order valence-electron chi connectivity index (χ0n) is 23.7. The van der Waals surface area contributed by atoms with Crippen LogP contribution in [0.1, 0.15) is 31.3 Å². The van der Waals surface area contributed by atoms with Crippen molar-refractivity contribution >= 4 is 74.6 Å². The van der Waals surface area contributed by atoms with Gasteiger partial charge in [0.1, 0.15) is 11.4 Å². The maximum atomic E-state index is 13.0. The first kappa shape index (κ1) is 29.8. The molecule has 5 rings (SSSR count). The number of carbonyl (C=O) groups is 3. The molecule has 3 heterocycles. The summed E-state index contributed by atoms with van der Waals surface area (Å²) in [7, 11) is 3.61. The number of aryl methyl sites for hydroxylation is 2. The highest BCUT2D eigenvalue weighted by Gasteiger charge is 2.16. The summed E-state index contributed by atoms with van der Waals surface area (Å²) in [4.78, 5) is 43.8. The van der Waals surface area contributed by atoms with Crippen molar-refractivity contribution in [3.63, 3.8) is 0 Å². The number of alkyl halides is 2. The fraction of sp³-hybridized carbons (Fsp3) is 0.194. The van der Waals surface area contributed by atoms with Crippen molar-refractivity contribution in [2.24, 2.45) is 14.1 Å². The Morgan fingerprint density at radius 3 is 2.14 bits per heavy atom. The summed E-state index contributed by atoms with van der Waals surface area (Å²) in [5.41, 5.74) is 4.62. The quantitative estimate of drug-likeness (QED) is 0.138. The number of rotatable bonds is 11. The van der Waals surface area contributed by atoms with Gasteiger partial charge < -0.3 is 35.0 Å². The second-order valence-corrected chi connectivity index (χ2v) is 10.8. The van der Waals surface area contributed by atoms with Gasteiger partial charge in [0.25, 0.3) is 17.7 Å². The van der Waals surface area contributed by atoms with Gasteiger partial charge in [-0.2, -0.15) is 0 Å². The summed E-state index contributed by atoms with van der Waals surface area (Å²) in [5, 5.41) is 9.39. The molecule has 0 atom stereocenters. The van der Waals surface area contributed by atoms with E-state index in [1.165, 1.54) is 0 Å². The van der Waals surface area contributed by atoms with E-state index in [-0.39, 0.29) is 17.7 Å². The van der Waals surface area contributed by atoms with Gasteiger partial charge in [0.05, 0.1) is 11.4 Å². The number of hydrogen-bond donors (Lipinski definition) is 4. The number of amides is 3. The molecule has 12 heteroatoms. The number of aromatic amines is 1. The van der Waals surface area contributed by atoms with Gasteiger partial charge in [0.15, 0.2) is 0 Å². The van der Waals surface area contributed by atoms with Crippen LogP contribution >= 0.6 is 23.2 Å². The molecule has 0 unspecified atom stereocenters. The Kier molecular flexibility index (Phi) is 9.08. The number of nitrogens with one attached hydrogen (secondary N) is 4. The predicted molar refractivity (Wildman–Crippen MR) is 173 cm³/mol. The molecule has 0 bridgehead atoms. The average Bonchev–Trinajstić information content (AvgIpc) is 3.70. The molecule has 0 radical (unpaired) electrons. The smallest absolute Gasteiger partial charge is 0.272 e. The molecule has 3 amide bonds. The molecule has 0 spiro atoms. The molecule has 0 saturated heterocycles. The van der Waals surface area contributed by atoms with E-state index in [9.17, 15) is 14.4 Å². The third-order valence-corrected chi connectivity index (χ3v) is 7.25. The first-order chi connectivity index (χ1) is 20.7. The molecule has 3 aromatic heterocycles. The van der Waals surface area contributed by atoms with Crippen LogP contribution in [-0.2, 0) is 14.1 Å². The molecular weight excluding hydrogens is 589 g/mol. The van der Waals surface area contributed by atoms with Crippen LogP contribution in [0.2, 0.25) is 0 Å². The highest BCUT2D eigenvalue weighted by molar-refractivity contribution is 6.18. The van der Waals surface area contributed by atoms with Crippen molar-refractivity contribution in [1.29, 1.82) is 0 Å². The van der Waals surface area contributed by atoms with Gasteiger partial charge in [-0.15, -0.1) is 23.2 Å². The monoisotopic (exact) mass is 619 g/mol. The van der Waals surface area contributed by atoms with E-state index in [1.807, 2.05) is 36.0 Å². The summed E-state index contributed by atoms with van der Waals surface area (Å²) >= 11 is 11.8. The van der Waals surface area contributed by atoms with Gasteiger partial charge >= 0.3 is 0 Å². The van der Waals surface area contributed by atoms with Gasteiger partial charge in [-0.3, -0.25) is 14.4 Å². The molecule has 0 saturated carbocycles. The van der Waals surface area contributed by atoms with Crippen LogP contribution in [0.25, 0.3) is 10.9 Å². The first-order valence-corrected chi connectivity index (χ1v) is 14.6. The lowest BCUT2D eigenvalue weighted by molar-refractivity contribution is 0.101. The molecule has 4 N–H and O–H groups in total. The van der Waals surface area contributed by atoms with E-state index in [0.29, 0.717) is 64.4 Å². The van der Waals surface area contributed by atoms with Crippen molar-refractivity contribution in [3.8, 4) is 0 Å². The lowest BCUT2D eigenvalue weighted by Gasteiger charge is -2.22. The Morgan fingerprint density at radius 1 is 0.767 bits per heavy atom. The second kappa shape index (κ2) is 13.1. The summed E-state index contributed by atoms with van der Waals surface area (Å²) in [6.07, 6.45) is 5.31. The maximum Gasteiger partial charge on any atom is 0.272 e. The summed E-state index contributed by atoms with van der Waals surface area (Å²) in [6, 6.07) is 17.8. The molecule has 43 heavy (non-hydrogen) atoms. The number of anilines is 4. The SMILES string of the molecule is Cn1ccc(NC(=O)c2cc(NC(=O)c3cc4ccc(NC(=O)c5ccc(N(CCCl)CCCl)cc5)cc4[nH]3)cn2C)c1.